The molecule has 0 saturated heterocycles. The second-order valence-corrected chi connectivity index (χ2v) is 6.50. The number of ketones is 1. The lowest BCUT2D eigenvalue weighted by molar-refractivity contribution is -0.117. The van der Waals surface area contributed by atoms with Gasteiger partial charge in [0.15, 0.2) is 0 Å². The Labute approximate surface area is 127 Å². The molecular formula is C14H12N2O3S2. The van der Waals surface area contributed by atoms with Crippen LogP contribution in [0.2, 0.25) is 0 Å². The number of rotatable bonds is 4. The van der Waals surface area contributed by atoms with E-state index in [2.05, 4.69) is 4.98 Å². The number of H-pyrrole nitrogens is 1. The van der Waals surface area contributed by atoms with Gasteiger partial charge in [0.1, 0.15) is 10.6 Å². The minimum Gasteiger partial charge on any atom is -0.300 e. The molecule has 1 N–H and O–H groups in total. The van der Waals surface area contributed by atoms with E-state index in [0.29, 0.717) is 10.2 Å². The van der Waals surface area contributed by atoms with Crippen molar-refractivity contribution < 1.29 is 4.79 Å². The third-order valence-electron chi connectivity index (χ3n) is 3.19. The van der Waals surface area contributed by atoms with Gasteiger partial charge in [-0.2, -0.15) is 0 Å². The number of aromatic amines is 1. The zero-order valence-electron chi connectivity index (χ0n) is 11.2. The number of carbonyl (C=O) groups excluding carboxylic acids is 1. The normalized spacial score (nSPS) is 11.1. The summed E-state index contributed by atoms with van der Waals surface area (Å²) >= 11 is 2.89. The molecule has 0 aliphatic carbocycles. The van der Waals surface area contributed by atoms with Crippen molar-refractivity contribution in [3.63, 3.8) is 0 Å². The zero-order chi connectivity index (χ0) is 15.0. The van der Waals surface area contributed by atoms with Gasteiger partial charge < -0.3 is 0 Å². The van der Waals surface area contributed by atoms with Gasteiger partial charge in [-0.05, 0) is 18.4 Å². The lowest BCUT2D eigenvalue weighted by Crippen LogP contribution is -2.35. The molecule has 0 unspecified atom stereocenters. The van der Waals surface area contributed by atoms with Crippen LogP contribution in [0.1, 0.15) is 13.3 Å². The number of Topliss-reactive ketones (excluding diaryl/α,β-unsaturated/α-hetero) is 1. The van der Waals surface area contributed by atoms with Crippen molar-refractivity contribution in [1.29, 1.82) is 0 Å². The number of nitrogens with one attached hydrogen (secondary N) is 1. The van der Waals surface area contributed by atoms with Crippen molar-refractivity contribution in [3.8, 4) is 10.4 Å². The van der Waals surface area contributed by atoms with E-state index in [1.54, 1.807) is 11.3 Å². The van der Waals surface area contributed by atoms with Crippen LogP contribution in [0.5, 0.6) is 0 Å². The molecule has 0 bridgehead atoms. The van der Waals surface area contributed by atoms with Crippen LogP contribution in [0, 0.1) is 0 Å². The standard InChI is InChI=1S/C14H12N2O3S2/c1-8(17)4-5-16-13(18)11-9(10-3-2-6-20-10)7-21-12(11)15-14(16)19/h2-3,6-7H,4-5H2,1H3,(H,15,19). The number of thiophene rings is 2. The number of hydrogen-bond donors (Lipinski definition) is 1. The van der Waals surface area contributed by atoms with E-state index in [0.717, 1.165) is 15.0 Å². The first kappa shape index (κ1) is 14.0. The van der Waals surface area contributed by atoms with E-state index in [1.807, 2.05) is 22.9 Å². The molecule has 3 aromatic rings. The minimum atomic E-state index is -0.465. The molecule has 21 heavy (non-hydrogen) atoms. The van der Waals surface area contributed by atoms with Gasteiger partial charge in [-0.25, -0.2) is 4.79 Å². The van der Waals surface area contributed by atoms with E-state index in [9.17, 15) is 14.4 Å². The first-order valence-electron chi connectivity index (χ1n) is 6.35. The van der Waals surface area contributed by atoms with E-state index in [4.69, 9.17) is 0 Å². The smallest absolute Gasteiger partial charge is 0.300 e. The maximum atomic E-state index is 12.6. The van der Waals surface area contributed by atoms with Crippen molar-refractivity contribution in [3.05, 3.63) is 43.7 Å². The molecule has 0 aliphatic heterocycles. The van der Waals surface area contributed by atoms with E-state index in [1.165, 1.54) is 18.3 Å². The Morgan fingerprint density at radius 3 is 2.81 bits per heavy atom. The zero-order valence-corrected chi connectivity index (χ0v) is 12.8. The summed E-state index contributed by atoms with van der Waals surface area (Å²) in [5.74, 6) is -0.0507. The summed E-state index contributed by atoms with van der Waals surface area (Å²) in [7, 11) is 0. The van der Waals surface area contributed by atoms with Crippen LogP contribution in [-0.2, 0) is 11.3 Å². The van der Waals surface area contributed by atoms with E-state index >= 15 is 0 Å². The highest BCUT2D eigenvalue weighted by Gasteiger charge is 2.15. The number of carbonyl (C=O) groups is 1. The van der Waals surface area contributed by atoms with Crippen LogP contribution >= 0.6 is 22.7 Å². The van der Waals surface area contributed by atoms with Crippen LogP contribution in [0.4, 0.5) is 0 Å². The summed E-state index contributed by atoms with van der Waals surface area (Å²) < 4.78 is 1.10. The summed E-state index contributed by atoms with van der Waals surface area (Å²) in [6, 6.07) is 3.86. The van der Waals surface area contributed by atoms with Crippen molar-refractivity contribution in [2.45, 2.75) is 19.9 Å². The molecular weight excluding hydrogens is 308 g/mol. The summed E-state index contributed by atoms with van der Waals surface area (Å²) in [5.41, 5.74) is 0.0378. The molecule has 0 aliphatic rings. The molecule has 3 heterocycles. The highest BCUT2D eigenvalue weighted by Crippen LogP contribution is 2.32. The summed E-state index contributed by atoms with van der Waals surface area (Å²) in [5, 5.41) is 4.34. The minimum absolute atomic E-state index is 0.0507. The summed E-state index contributed by atoms with van der Waals surface area (Å²) in [6.07, 6.45) is 0.174. The fourth-order valence-corrected chi connectivity index (χ4v) is 3.90. The quantitative estimate of drug-likeness (QED) is 0.802. The Hall–Kier alpha value is -1.99. The fourth-order valence-electron chi connectivity index (χ4n) is 2.14. The molecule has 3 rings (SSSR count). The van der Waals surface area contributed by atoms with Crippen molar-refractivity contribution in [1.82, 2.24) is 9.55 Å². The Bertz CT molecular complexity index is 916. The average molecular weight is 320 g/mol. The van der Waals surface area contributed by atoms with Gasteiger partial charge in [-0.3, -0.25) is 19.1 Å². The summed E-state index contributed by atoms with van der Waals surface area (Å²) in [4.78, 5) is 39.9. The highest BCUT2D eigenvalue weighted by atomic mass is 32.1. The fraction of sp³-hybridized carbons (Fsp3) is 0.214. The van der Waals surface area contributed by atoms with Crippen LogP contribution < -0.4 is 11.2 Å². The number of aromatic nitrogens is 2. The average Bonchev–Trinajstić information content (AvgIpc) is 3.05. The van der Waals surface area contributed by atoms with Gasteiger partial charge in [0, 0.05) is 28.8 Å². The molecule has 108 valence electrons. The third-order valence-corrected chi connectivity index (χ3v) is 4.99. The van der Waals surface area contributed by atoms with Gasteiger partial charge in [0.25, 0.3) is 5.56 Å². The Morgan fingerprint density at radius 1 is 1.33 bits per heavy atom. The molecule has 5 nitrogen and oxygen atoms in total. The van der Waals surface area contributed by atoms with Crippen molar-refractivity contribution in [2.24, 2.45) is 0 Å². The van der Waals surface area contributed by atoms with Gasteiger partial charge in [-0.15, -0.1) is 22.7 Å². The molecule has 3 aromatic heterocycles. The van der Waals surface area contributed by atoms with Gasteiger partial charge in [0.05, 0.1) is 5.39 Å². The van der Waals surface area contributed by atoms with Crippen LogP contribution in [-0.4, -0.2) is 15.3 Å². The van der Waals surface area contributed by atoms with Crippen LogP contribution in [0.3, 0.4) is 0 Å². The molecule has 0 aromatic carbocycles. The molecule has 0 fully saturated rings. The van der Waals surface area contributed by atoms with Gasteiger partial charge in [0.2, 0.25) is 0 Å². The maximum absolute atomic E-state index is 12.6. The molecule has 7 heteroatoms. The predicted octanol–water partition coefficient (Wildman–Crippen LogP) is 2.46. The Balaban J connectivity index is 2.22. The number of fused-ring (bicyclic) bond motifs is 1. The van der Waals surface area contributed by atoms with E-state index < -0.39 is 5.69 Å². The predicted molar refractivity (Wildman–Crippen MR) is 85.3 cm³/mol. The van der Waals surface area contributed by atoms with Crippen molar-refractivity contribution >= 4 is 38.7 Å². The third kappa shape index (κ3) is 2.50. The second-order valence-electron chi connectivity index (χ2n) is 4.67. The van der Waals surface area contributed by atoms with Crippen molar-refractivity contribution in [2.75, 3.05) is 0 Å². The Kier molecular flexibility index (Phi) is 3.60. The maximum Gasteiger partial charge on any atom is 0.329 e. The number of hydrogen-bond acceptors (Lipinski definition) is 5. The lowest BCUT2D eigenvalue weighted by Gasteiger charge is -2.03. The highest BCUT2D eigenvalue weighted by molar-refractivity contribution is 7.18. The Morgan fingerprint density at radius 2 is 2.14 bits per heavy atom. The second kappa shape index (κ2) is 5.42. The van der Waals surface area contributed by atoms with E-state index in [-0.39, 0.29) is 24.3 Å². The monoisotopic (exact) mass is 320 g/mol. The molecule has 0 spiro atoms. The molecule has 0 saturated carbocycles. The molecule has 0 radical (unpaired) electrons. The van der Waals surface area contributed by atoms with Crippen LogP contribution in [0.15, 0.2) is 32.5 Å². The molecule has 0 amide bonds. The SMILES string of the molecule is CC(=O)CCn1c(=O)[nH]c2scc(-c3cccs3)c2c1=O. The molecule has 0 atom stereocenters. The lowest BCUT2D eigenvalue weighted by atomic mass is 10.2. The summed E-state index contributed by atoms with van der Waals surface area (Å²) in [6.45, 7) is 1.55. The first-order valence-corrected chi connectivity index (χ1v) is 8.11. The van der Waals surface area contributed by atoms with Gasteiger partial charge >= 0.3 is 5.69 Å². The first-order chi connectivity index (χ1) is 10.1. The largest absolute Gasteiger partial charge is 0.329 e. The van der Waals surface area contributed by atoms with Crippen LogP contribution in [0.25, 0.3) is 20.7 Å². The number of nitrogens with zero attached hydrogens (tertiary/aromatic N) is 1. The topological polar surface area (TPSA) is 71.9 Å². The van der Waals surface area contributed by atoms with Gasteiger partial charge in [-0.1, -0.05) is 6.07 Å².